The van der Waals surface area contributed by atoms with Crippen molar-refractivity contribution in [2.75, 3.05) is 39.5 Å². The molecule has 0 unspecified atom stereocenters. The zero-order valence-corrected chi connectivity index (χ0v) is 18.8. The van der Waals surface area contributed by atoms with Crippen LogP contribution in [0.4, 0.5) is 0 Å². The summed E-state index contributed by atoms with van der Waals surface area (Å²) in [5.41, 5.74) is 6.87. The van der Waals surface area contributed by atoms with Gasteiger partial charge in [0.05, 0.1) is 18.9 Å². The highest BCUT2D eigenvalue weighted by atomic mass is 35.5. The number of fused-ring (bicyclic) bond motifs is 1. The highest BCUT2D eigenvalue weighted by Crippen LogP contribution is 2.40. The number of rotatable bonds is 4. The summed E-state index contributed by atoms with van der Waals surface area (Å²) in [5, 5.41) is 0.581. The molecule has 2 saturated heterocycles. The predicted molar refractivity (Wildman–Crippen MR) is 124 cm³/mol. The Morgan fingerprint density at radius 3 is 2.50 bits per heavy atom. The van der Waals surface area contributed by atoms with Gasteiger partial charge in [-0.05, 0) is 41.8 Å². The second-order valence-corrected chi connectivity index (χ2v) is 9.48. The Morgan fingerprint density at radius 1 is 0.969 bits per heavy atom. The number of hydrogen-bond donors (Lipinski definition) is 0. The minimum Gasteiger partial charge on any atom is -0.486 e. The summed E-state index contributed by atoms with van der Waals surface area (Å²) in [6.07, 6.45) is 0. The van der Waals surface area contributed by atoms with E-state index < -0.39 is 0 Å². The Kier molecular flexibility index (Phi) is 4.86. The van der Waals surface area contributed by atoms with Crippen LogP contribution in [0.5, 0.6) is 11.5 Å². The van der Waals surface area contributed by atoms with Crippen LogP contribution in [-0.4, -0.2) is 49.4 Å². The topological polar surface area (TPSA) is 43.8 Å². The minimum atomic E-state index is 0.408. The quantitative estimate of drug-likeness (QED) is 0.526. The van der Waals surface area contributed by atoms with Gasteiger partial charge >= 0.3 is 0 Å². The van der Waals surface area contributed by atoms with Crippen molar-refractivity contribution in [1.29, 1.82) is 0 Å². The fraction of sp³-hybridized carbons (Fsp3) is 0.346. The molecule has 0 N–H and O–H groups in total. The van der Waals surface area contributed by atoms with Crippen molar-refractivity contribution < 1.29 is 14.2 Å². The maximum atomic E-state index is 6.62. The van der Waals surface area contributed by atoms with Gasteiger partial charge in [-0.25, -0.2) is 4.98 Å². The van der Waals surface area contributed by atoms with E-state index in [0.717, 1.165) is 77.9 Å². The number of nitrogens with zero attached hydrogens (tertiary/aromatic N) is 2. The van der Waals surface area contributed by atoms with E-state index in [1.165, 1.54) is 0 Å². The summed E-state index contributed by atoms with van der Waals surface area (Å²) in [6, 6.07) is 16.6. The lowest BCUT2D eigenvalue weighted by molar-refractivity contribution is -0.191. The van der Waals surface area contributed by atoms with Crippen LogP contribution in [0.15, 0.2) is 48.5 Å². The van der Waals surface area contributed by atoms with E-state index in [0.29, 0.717) is 23.8 Å². The van der Waals surface area contributed by atoms with Crippen LogP contribution in [0.2, 0.25) is 5.15 Å². The molecule has 1 spiro atoms. The number of hydrogen-bond acceptors (Lipinski definition) is 5. The van der Waals surface area contributed by atoms with Crippen LogP contribution in [0.25, 0.3) is 22.4 Å². The van der Waals surface area contributed by atoms with E-state index in [-0.39, 0.29) is 0 Å². The van der Waals surface area contributed by atoms with Gasteiger partial charge in [-0.15, -0.1) is 0 Å². The average Bonchev–Trinajstić information content (AvgIpc) is 2.75. The van der Waals surface area contributed by atoms with Gasteiger partial charge in [-0.1, -0.05) is 41.9 Å². The highest BCUT2D eigenvalue weighted by Gasteiger charge is 2.48. The molecule has 2 fully saturated rings. The van der Waals surface area contributed by atoms with E-state index in [1.54, 1.807) is 0 Å². The smallest absolute Gasteiger partial charge is 0.161 e. The standard InChI is InChI=1S/C26H25ClN2O3/c1-17-20(18-6-8-23-24(11-18)32-10-9-31-23)3-2-4-21(17)22-7-5-19(25(27)28-22)12-29-13-26(14-29)15-30-16-26/h2-8,11H,9-10,12-16H2,1H3. The number of benzene rings is 2. The second-order valence-electron chi connectivity index (χ2n) is 9.12. The summed E-state index contributed by atoms with van der Waals surface area (Å²) < 4.78 is 16.8. The van der Waals surface area contributed by atoms with Gasteiger partial charge in [0.1, 0.15) is 18.4 Å². The molecule has 3 aromatic rings. The molecule has 3 aliphatic heterocycles. The monoisotopic (exact) mass is 448 g/mol. The molecular weight excluding hydrogens is 424 g/mol. The largest absolute Gasteiger partial charge is 0.486 e. The minimum absolute atomic E-state index is 0.408. The molecule has 4 heterocycles. The van der Waals surface area contributed by atoms with Gasteiger partial charge < -0.3 is 14.2 Å². The molecule has 5 nitrogen and oxygen atoms in total. The average molecular weight is 449 g/mol. The van der Waals surface area contributed by atoms with Crippen LogP contribution in [0.1, 0.15) is 11.1 Å². The van der Waals surface area contributed by atoms with E-state index in [4.69, 9.17) is 30.8 Å². The van der Waals surface area contributed by atoms with Gasteiger partial charge in [0.2, 0.25) is 0 Å². The van der Waals surface area contributed by atoms with E-state index in [1.807, 2.05) is 6.07 Å². The van der Waals surface area contributed by atoms with Crippen molar-refractivity contribution >= 4 is 11.6 Å². The van der Waals surface area contributed by atoms with Crippen molar-refractivity contribution in [1.82, 2.24) is 9.88 Å². The third kappa shape index (κ3) is 3.45. The maximum Gasteiger partial charge on any atom is 0.161 e. The van der Waals surface area contributed by atoms with Gasteiger partial charge in [-0.2, -0.15) is 0 Å². The number of aromatic nitrogens is 1. The molecule has 0 aliphatic carbocycles. The van der Waals surface area contributed by atoms with E-state index in [9.17, 15) is 0 Å². The fourth-order valence-corrected chi connectivity index (χ4v) is 5.21. The normalized spacial score (nSPS) is 18.8. The molecule has 164 valence electrons. The SMILES string of the molecule is Cc1c(-c2ccc3c(c2)OCCO3)cccc1-c1ccc(CN2CC3(COC3)C2)c(Cl)n1. The number of ether oxygens (including phenoxy) is 3. The second kappa shape index (κ2) is 7.77. The maximum absolute atomic E-state index is 6.62. The van der Waals surface area contributed by atoms with Crippen molar-refractivity contribution in [3.05, 3.63) is 64.8 Å². The van der Waals surface area contributed by atoms with Gasteiger partial charge in [-0.3, -0.25) is 4.90 Å². The van der Waals surface area contributed by atoms with Crippen LogP contribution in [0.3, 0.4) is 0 Å². The zero-order valence-electron chi connectivity index (χ0n) is 18.1. The van der Waals surface area contributed by atoms with E-state index >= 15 is 0 Å². The first-order valence-electron chi connectivity index (χ1n) is 11.1. The molecule has 32 heavy (non-hydrogen) atoms. The predicted octanol–water partition coefficient (Wildman–Crippen LogP) is 4.98. The lowest BCUT2D eigenvalue weighted by Crippen LogP contribution is -2.65. The first-order chi connectivity index (χ1) is 15.6. The Hall–Kier alpha value is -2.60. The molecule has 6 heteroatoms. The Bertz CT molecular complexity index is 1180. The van der Waals surface area contributed by atoms with Crippen LogP contribution >= 0.6 is 11.6 Å². The van der Waals surface area contributed by atoms with Crippen LogP contribution in [0, 0.1) is 12.3 Å². The van der Waals surface area contributed by atoms with Crippen LogP contribution < -0.4 is 9.47 Å². The van der Waals surface area contributed by atoms with Crippen molar-refractivity contribution in [3.63, 3.8) is 0 Å². The molecule has 0 radical (unpaired) electrons. The van der Waals surface area contributed by atoms with Crippen LogP contribution in [-0.2, 0) is 11.3 Å². The van der Waals surface area contributed by atoms with E-state index in [2.05, 4.69) is 54.3 Å². The third-order valence-corrected chi connectivity index (χ3v) is 7.04. The van der Waals surface area contributed by atoms with Crippen molar-refractivity contribution in [2.24, 2.45) is 5.41 Å². The Morgan fingerprint density at radius 2 is 1.75 bits per heavy atom. The summed E-state index contributed by atoms with van der Waals surface area (Å²) in [7, 11) is 0. The molecule has 0 atom stereocenters. The molecule has 1 aromatic heterocycles. The van der Waals surface area contributed by atoms with Gasteiger partial charge in [0.25, 0.3) is 0 Å². The third-order valence-electron chi connectivity index (χ3n) is 6.72. The Balaban J connectivity index is 1.26. The fourth-order valence-electron chi connectivity index (χ4n) is 5.00. The van der Waals surface area contributed by atoms with Gasteiger partial charge in [0.15, 0.2) is 11.5 Å². The summed E-state index contributed by atoms with van der Waals surface area (Å²) in [4.78, 5) is 7.18. The number of likely N-dealkylation sites (tertiary alicyclic amines) is 1. The lowest BCUT2D eigenvalue weighted by atomic mass is 9.78. The molecule has 2 aromatic carbocycles. The summed E-state index contributed by atoms with van der Waals surface area (Å²) >= 11 is 6.62. The highest BCUT2D eigenvalue weighted by molar-refractivity contribution is 6.30. The van der Waals surface area contributed by atoms with Crippen molar-refractivity contribution in [2.45, 2.75) is 13.5 Å². The van der Waals surface area contributed by atoms with Crippen molar-refractivity contribution in [3.8, 4) is 33.9 Å². The first kappa shape index (κ1) is 20.0. The molecule has 3 aliphatic rings. The zero-order chi connectivity index (χ0) is 21.7. The molecule has 0 bridgehead atoms. The molecule has 0 saturated carbocycles. The first-order valence-corrected chi connectivity index (χ1v) is 11.4. The van der Waals surface area contributed by atoms with Gasteiger partial charge in [0, 0.05) is 36.2 Å². The molecular formula is C26H25ClN2O3. The summed E-state index contributed by atoms with van der Waals surface area (Å²) in [5.74, 6) is 1.60. The molecule has 6 rings (SSSR count). The Labute approximate surface area is 192 Å². The number of pyridine rings is 1. The summed E-state index contributed by atoms with van der Waals surface area (Å²) in [6.45, 7) is 8.10. The number of halogens is 1. The lowest BCUT2D eigenvalue weighted by Gasteiger charge is -2.55. The molecule has 0 amide bonds.